The van der Waals surface area contributed by atoms with E-state index in [1.54, 1.807) is 7.11 Å². The predicted molar refractivity (Wildman–Crippen MR) is 68.5 cm³/mol. The summed E-state index contributed by atoms with van der Waals surface area (Å²) in [6, 6.07) is 5.61. The van der Waals surface area contributed by atoms with Crippen LogP contribution in [-0.4, -0.2) is 31.0 Å². The first-order valence-corrected chi connectivity index (χ1v) is 5.83. The zero-order chi connectivity index (χ0) is 13.5. The number of hydrogen-bond acceptors (Lipinski definition) is 3. The smallest absolute Gasteiger partial charge is 0.404 e. The topological polar surface area (TPSA) is 67.8 Å². The van der Waals surface area contributed by atoms with Crippen molar-refractivity contribution in [2.45, 2.75) is 26.4 Å². The molecule has 0 fully saturated rings. The lowest BCUT2D eigenvalue weighted by Gasteiger charge is -2.14. The summed E-state index contributed by atoms with van der Waals surface area (Å²) >= 11 is 0. The highest BCUT2D eigenvalue weighted by Crippen LogP contribution is 2.29. The van der Waals surface area contributed by atoms with E-state index in [-0.39, 0.29) is 6.10 Å². The number of nitrogens with one attached hydrogen (secondary N) is 1. The molecule has 0 saturated heterocycles. The summed E-state index contributed by atoms with van der Waals surface area (Å²) in [5, 5.41) is 10.8. The van der Waals surface area contributed by atoms with E-state index in [2.05, 4.69) is 5.32 Å². The van der Waals surface area contributed by atoms with Crippen LogP contribution in [0.1, 0.15) is 19.4 Å². The maximum Gasteiger partial charge on any atom is 0.404 e. The van der Waals surface area contributed by atoms with E-state index in [0.29, 0.717) is 24.5 Å². The van der Waals surface area contributed by atoms with Crippen molar-refractivity contribution in [3.8, 4) is 11.5 Å². The summed E-state index contributed by atoms with van der Waals surface area (Å²) in [7, 11) is 1.59. The van der Waals surface area contributed by atoms with Gasteiger partial charge in [0.05, 0.1) is 13.2 Å². The van der Waals surface area contributed by atoms with Crippen LogP contribution >= 0.6 is 0 Å². The Labute approximate surface area is 107 Å². The molecular formula is C13H19NO4. The molecule has 1 aromatic carbocycles. The minimum absolute atomic E-state index is 0.0819. The molecule has 2 N–H and O–H groups in total. The van der Waals surface area contributed by atoms with Crippen molar-refractivity contribution in [3.05, 3.63) is 23.8 Å². The maximum absolute atomic E-state index is 10.3. The number of hydrogen-bond donors (Lipinski definition) is 2. The van der Waals surface area contributed by atoms with Crippen LogP contribution in [0.4, 0.5) is 4.79 Å². The van der Waals surface area contributed by atoms with E-state index in [9.17, 15) is 4.79 Å². The number of methoxy groups -OCH3 is 1. The van der Waals surface area contributed by atoms with Crippen molar-refractivity contribution in [2.24, 2.45) is 0 Å². The molecule has 0 heterocycles. The fraction of sp³-hybridized carbons (Fsp3) is 0.462. The second kappa shape index (κ2) is 6.74. The molecule has 0 radical (unpaired) electrons. The Bertz CT molecular complexity index is 404. The van der Waals surface area contributed by atoms with Gasteiger partial charge in [0, 0.05) is 6.54 Å². The maximum atomic E-state index is 10.3. The Morgan fingerprint density at radius 3 is 2.67 bits per heavy atom. The average molecular weight is 253 g/mol. The summed E-state index contributed by atoms with van der Waals surface area (Å²) in [5.41, 5.74) is 0.997. The van der Waals surface area contributed by atoms with Gasteiger partial charge < -0.3 is 19.9 Å². The molecule has 5 heteroatoms. The lowest BCUT2D eigenvalue weighted by molar-refractivity contribution is 0.194. The highest BCUT2D eigenvalue weighted by molar-refractivity contribution is 5.64. The van der Waals surface area contributed by atoms with E-state index in [4.69, 9.17) is 14.6 Å². The van der Waals surface area contributed by atoms with Crippen molar-refractivity contribution >= 4 is 6.09 Å². The van der Waals surface area contributed by atoms with Crippen LogP contribution in [-0.2, 0) is 6.42 Å². The van der Waals surface area contributed by atoms with Crippen molar-refractivity contribution in [2.75, 3.05) is 13.7 Å². The predicted octanol–water partition coefficient (Wildman–Crippen LogP) is 2.29. The normalized spacial score (nSPS) is 10.2. The van der Waals surface area contributed by atoms with Gasteiger partial charge in [0.2, 0.25) is 0 Å². The molecule has 100 valence electrons. The summed E-state index contributed by atoms with van der Waals surface area (Å²) in [5.74, 6) is 1.36. The number of amides is 1. The van der Waals surface area contributed by atoms with Gasteiger partial charge in [-0.25, -0.2) is 4.79 Å². The van der Waals surface area contributed by atoms with Crippen LogP contribution in [0.15, 0.2) is 18.2 Å². The minimum Gasteiger partial charge on any atom is -0.493 e. The van der Waals surface area contributed by atoms with Crippen LogP contribution in [0.3, 0.4) is 0 Å². The largest absolute Gasteiger partial charge is 0.493 e. The van der Waals surface area contributed by atoms with Gasteiger partial charge in [-0.1, -0.05) is 6.07 Å². The summed E-state index contributed by atoms with van der Waals surface area (Å²) in [6.45, 7) is 4.27. The first-order chi connectivity index (χ1) is 8.52. The van der Waals surface area contributed by atoms with Crippen molar-refractivity contribution in [1.82, 2.24) is 5.32 Å². The van der Waals surface area contributed by atoms with Crippen LogP contribution in [0.2, 0.25) is 0 Å². The molecule has 1 amide bonds. The van der Waals surface area contributed by atoms with Crippen molar-refractivity contribution < 1.29 is 19.4 Å². The third-order valence-corrected chi connectivity index (χ3v) is 2.28. The van der Waals surface area contributed by atoms with Crippen molar-refractivity contribution in [1.29, 1.82) is 0 Å². The summed E-state index contributed by atoms with van der Waals surface area (Å²) in [6.07, 6.45) is -0.315. The van der Waals surface area contributed by atoms with E-state index >= 15 is 0 Å². The van der Waals surface area contributed by atoms with Crippen LogP contribution in [0.5, 0.6) is 11.5 Å². The molecule has 0 aliphatic carbocycles. The molecule has 0 aliphatic rings. The lowest BCUT2D eigenvalue weighted by atomic mass is 10.1. The van der Waals surface area contributed by atoms with Gasteiger partial charge in [0.25, 0.3) is 0 Å². The van der Waals surface area contributed by atoms with Crippen LogP contribution in [0.25, 0.3) is 0 Å². The molecule has 0 unspecified atom stereocenters. The molecule has 0 spiro atoms. The van der Waals surface area contributed by atoms with Gasteiger partial charge in [-0.05, 0) is 38.0 Å². The highest BCUT2D eigenvalue weighted by atomic mass is 16.5. The number of benzene rings is 1. The van der Waals surface area contributed by atoms with Gasteiger partial charge in [0.1, 0.15) is 0 Å². The zero-order valence-corrected chi connectivity index (χ0v) is 10.9. The Hall–Kier alpha value is -1.91. The molecule has 18 heavy (non-hydrogen) atoms. The molecule has 0 saturated carbocycles. The van der Waals surface area contributed by atoms with Crippen LogP contribution < -0.4 is 14.8 Å². The lowest BCUT2D eigenvalue weighted by Crippen LogP contribution is -2.23. The second-order valence-corrected chi connectivity index (χ2v) is 4.13. The van der Waals surface area contributed by atoms with Gasteiger partial charge in [-0.15, -0.1) is 0 Å². The van der Waals surface area contributed by atoms with E-state index < -0.39 is 6.09 Å². The average Bonchev–Trinajstić information content (AvgIpc) is 2.29. The van der Waals surface area contributed by atoms with Crippen LogP contribution in [0, 0.1) is 0 Å². The third-order valence-electron chi connectivity index (χ3n) is 2.28. The molecule has 0 atom stereocenters. The number of rotatable bonds is 6. The number of carbonyl (C=O) groups is 1. The number of carboxylic acid groups (broad SMARTS) is 1. The van der Waals surface area contributed by atoms with Gasteiger partial charge in [-0.2, -0.15) is 0 Å². The third kappa shape index (κ3) is 4.53. The van der Waals surface area contributed by atoms with E-state index in [1.165, 1.54) is 0 Å². The van der Waals surface area contributed by atoms with Gasteiger partial charge in [0.15, 0.2) is 11.5 Å². The van der Waals surface area contributed by atoms with Gasteiger partial charge in [-0.3, -0.25) is 0 Å². The summed E-state index contributed by atoms with van der Waals surface area (Å²) < 4.78 is 10.9. The SMILES string of the molecule is COc1cc(CCNC(=O)O)ccc1OC(C)C. The standard InChI is InChI=1S/C13H19NO4/c1-9(2)18-11-5-4-10(8-12(11)17-3)6-7-14-13(15)16/h4-5,8-9,14H,6-7H2,1-3H3,(H,15,16). The monoisotopic (exact) mass is 253 g/mol. The Morgan fingerprint density at radius 1 is 1.39 bits per heavy atom. The van der Waals surface area contributed by atoms with E-state index in [1.807, 2.05) is 32.0 Å². The molecule has 5 nitrogen and oxygen atoms in total. The molecule has 1 rings (SSSR count). The fourth-order valence-corrected chi connectivity index (χ4v) is 1.53. The Morgan fingerprint density at radius 2 is 2.11 bits per heavy atom. The molecule has 0 bridgehead atoms. The molecule has 1 aromatic rings. The highest BCUT2D eigenvalue weighted by Gasteiger charge is 2.07. The first kappa shape index (κ1) is 14.2. The minimum atomic E-state index is -1.01. The quantitative estimate of drug-likeness (QED) is 0.816. The molecular weight excluding hydrogens is 234 g/mol. The van der Waals surface area contributed by atoms with Gasteiger partial charge >= 0.3 is 6.09 Å². The molecule has 0 aromatic heterocycles. The summed E-state index contributed by atoms with van der Waals surface area (Å²) in [4.78, 5) is 10.3. The Kier molecular flexibility index (Phi) is 5.30. The van der Waals surface area contributed by atoms with Crippen molar-refractivity contribution in [3.63, 3.8) is 0 Å². The molecule has 0 aliphatic heterocycles. The Balaban J connectivity index is 2.69. The fourth-order valence-electron chi connectivity index (χ4n) is 1.53. The zero-order valence-electron chi connectivity index (χ0n) is 10.9. The van der Waals surface area contributed by atoms with E-state index in [0.717, 1.165) is 5.56 Å². The first-order valence-electron chi connectivity index (χ1n) is 5.83. The number of ether oxygens (including phenoxy) is 2. The second-order valence-electron chi connectivity index (χ2n) is 4.13.